The van der Waals surface area contributed by atoms with Gasteiger partial charge in [-0.2, -0.15) is 5.26 Å². The Kier molecular flexibility index (Phi) is 4.51. The first kappa shape index (κ1) is 15.8. The molecule has 23 heavy (non-hydrogen) atoms. The van der Waals surface area contributed by atoms with Gasteiger partial charge in [-0.1, -0.05) is 0 Å². The van der Waals surface area contributed by atoms with Crippen molar-refractivity contribution in [2.24, 2.45) is 0 Å². The first-order valence-corrected chi connectivity index (χ1v) is 7.85. The second-order valence-electron chi connectivity index (χ2n) is 6.13. The van der Waals surface area contributed by atoms with Gasteiger partial charge in [0.2, 0.25) is 5.91 Å². The van der Waals surface area contributed by atoms with Crippen molar-refractivity contribution in [1.29, 1.82) is 5.26 Å². The highest BCUT2D eigenvalue weighted by atomic mass is 16.6. The molecule has 1 aromatic carbocycles. The quantitative estimate of drug-likeness (QED) is 0.899. The molecular weight excluding hydrogens is 294 g/mol. The average Bonchev–Trinajstić information content (AvgIpc) is 3.20. The van der Waals surface area contributed by atoms with Crippen LogP contribution in [0.1, 0.15) is 18.4 Å². The molecule has 6 heteroatoms. The summed E-state index contributed by atoms with van der Waals surface area (Å²) in [5.74, 6) is -0.114. The third kappa shape index (κ3) is 3.46. The monoisotopic (exact) mass is 315 g/mol. The number of nitriles is 1. The first-order chi connectivity index (χ1) is 11.1. The van der Waals surface area contributed by atoms with Crippen LogP contribution in [0.2, 0.25) is 0 Å². The average molecular weight is 315 g/mol. The van der Waals surface area contributed by atoms with E-state index in [1.54, 1.807) is 7.05 Å². The number of rotatable bonds is 4. The van der Waals surface area contributed by atoms with E-state index < -0.39 is 0 Å². The van der Waals surface area contributed by atoms with Crippen molar-refractivity contribution in [1.82, 2.24) is 5.32 Å². The number of benzene rings is 1. The van der Waals surface area contributed by atoms with Gasteiger partial charge in [0, 0.05) is 32.2 Å². The lowest BCUT2D eigenvalue weighted by molar-refractivity contribution is -0.127. The van der Waals surface area contributed by atoms with Crippen molar-refractivity contribution >= 4 is 11.6 Å². The molecule has 2 unspecified atom stereocenters. The van der Waals surface area contributed by atoms with E-state index in [0.29, 0.717) is 12.2 Å². The highest BCUT2D eigenvalue weighted by molar-refractivity contribution is 5.76. The van der Waals surface area contributed by atoms with Gasteiger partial charge in [0.1, 0.15) is 6.61 Å². The lowest BCUT2D eigenvalue weighted by Gasteiger charge is -2.24. The third-order valence-electron chi connectivity index (χ3n) is 4.58. The van der Waals surface area contributed by atoms with Crippen LogP contribution in [0.3, 0.4) is 0 Å². The van der Waals surface area contributed by atoms with E-state index in [-0.39, 0.29) is 24.2 Å². The normalized spacial score (nSPS) is 26.4. The first-order valence-electron chi connectivity index (χ1n) is 7.85. The summed E-state index contributed by atoms with van der Waals surface area (Å²) in [6.45, 7) is 2.37. The molecule has 2 heterocycles. The fraction of sp³-hybridized carbons (Fsp3) is 0.529. The van der Waals surface area contributed by atoms with Gasteiger partial charge < -0.3 is 19.7 Å². The fourth-order valence-corrected chi connectivity index (χ4v) is 3.27. The van der Waals surface area contributed by atoms with Crippen LogP contribution in [0.5, 0.6) is 0 Å². The van der Waals surface area contributed by atoms with E-state index in [1.165, 1.54) is 0 Å². The fourth-order valence-electron chi connectivity index (χ4n) is 3.27. The summed E-state index contributed by atoms with van der Waals surface area (Å²) in [5.41, 5.74) is 1.60. The third-order valence-corrected chi connectivity index (χ3v) is 4.58. The molecular formula is C17H21N3O3. The van der Waals surface area contributed by atoms with E-state index >= 15 is 0 Å². The second-order valence-corrected chi connectivity index (χ2v) is 6.13. The second kappa shape index (κ2) is 6.57. The summed E-state index contributed by atoms with van der Waals surface area (Å²) in [5, 5.41) is 11.4. The molecule has 1 aromatic rings. The Hall–Kier alpha value is -2.10. The summed E-state index contributed by atoms with van der Waals surface area (Å²) in [7, 11) is 1.60. The Morgan fingerprint density at radius 3 is 3.00 bits per heavy atom. The van der Waals surface area contributed by atoms with E-state index in [4.69, 9.17) is 14.7 Å². The topological polar surface area (TPSA) is 74.6 Å². The molecule has 0 aliphatic carbocycles. The Morgan fingerprint density at radius 1 is 1.52 bits per heavy atom. The highest BCUT2D eigenvalue weighted by Crippen LogP contribution is 2.38. The van der Waals surface area contributed by atoms with Crippen molar-refractivity contribution in [3.8, 4) is 6.07 Å². The number of amides is 1. The number of anilines is 1. The van der Waals surface area contributed by atoms with Crippen molar-refractivity contribution < 1.29 is 14.3 Å². The summed E-state index contributed by atoms with van der Waals surface area (Å²) in [6.07, 6.45) is 1.75. The lowest BCUT2D eigenvalue weighted by Crippen LogP contribution is -2.33. The Bertz CT molecular complexity index is 611. The molecule has 1 amide bonds. The van der Waals surface area contributed by atoms with E-state index in [2.05, 4.69) is 16.3 Å². The SMILES string of the molecule is CNC(=O)COC1COC2(CCN(c3ccc(C#N)cc3)C2)C1. The van der Waals surface area contributed by atoms with Crippen molar-refractivity contribution in [3.63, 3.8) is 0 Å². The number of nitrogens with zero attached hydrogens (tertiary/aromatic N) is 2. The van der Waals surface area contributed by atoms with Gasteiger partial charge in [-0.25, -0.2) is 0 Å². The van der Waals surface area contributed by atoms with Crippen LogP contribution in [0.15, 0.2) is 24.3 Å². The molecule has 1 spiro atoms. The zero-order chi connectivity index (χ0) is 16.3. The molecule has 1 N–H and O–H groups in total. The zero-order valence-electron chi connectivity index (χ0n) is 13.2. The Balaban J connectivity index is 1.56. The van der Waals surface area contributed by atoms with Crippen LogP contribution in [-0.2, 0) is 14.3 Å². The van der Waals surface area contributed by atoms with Crippen molar-refractivity contribution in [2.75, 3.05) is 38.3 Å². The Labute approximate surface area is 136 Å². The molecule has 2 aliphatic rings. The zero-order valence-corrected chi connectivity index (χ0v) is 13.2. The van der Waals surface area contributed by atoms with Crippen LogP contribution in [0.25, 0.3) is 0 Å². The standard InChI is InChI=1S/C17H21N3O3/c1-19-16(21)11-22-15-8-17(23-10-15)6-7-20(12-17)14-4-2-13(9-18)3-5-14/h2-5,15H,6-8,10-12H2,1H3,(H,19,21). The molecule has 0 saturated carbocycles. The smallest absolute Gasteiger partial charge is 0.245 e. The predicted octanol–water partition coefficient (Wildman–Crippen LogP) is 1.06. The molecule has 0 aromatic heterocycles. The highest BCUT2D eigenvalue weighted by Gasteiger charge is 2.46. The number of carbonyl (C=O) groups is 1. The number of ether oxygens (including phenoxy) is 2. The molecule has 3 rings (SSSR count). The van der Waals surface area contributed by atoms with Gasteiger partial charge >= 0.3 is 0 Å². The maximum Gasteiger partial charge on any atom is 0.245 e. The van der Waals surface area contributed by atoms with Gasteiger partial charge in [-0.05, 0) is 30.7 Å². The lowest BCUT2D eigenvalue weighted by atomic mass is 9.98. The van der Waals surface area contributed by atoms with Gasteiger partial charge in [0.25, 0.3) is 0 Å². The predicted molar refractivity (Wildman–Crippen MR) is 85.1 cm³/mol. The van der Waals surface area contributed by atoms with Gasteiger partial charge in [-0.15, -0.1) is 0 Å². The summed E-state index contributed by atoms with van der Waals surface area (Å²) in [4.78, 5) is 13.5. The minimum atomic E-state index is -0.179. The Morgan fingerprint density at radius 2 is 2.30 bits per heavy atom. The number of hydrogen-bond acceptors (Lipinski definition) is 5. The molecule has 0 bridgehead atoms. The number of likely N-dealkylation sites (N-methyl/N-ethyl adjacent to an activating group) is 1. The maximum atomic E-state index is 11.3. The molecule has 0 radical (unpaired) electrons. The van der Waals surface area contributed by atoms with Crippen LogP contribution < -0.4 is 10.2 Å². The molecule has 2 aliphatic heterocycles. The number of hydrogen-bond donors (Lipinski definition) is 1. The molecule has 2 saturated heterocycles. The summed E-state index contributed by atoms with van der Waals surface area (Å²) >= 11 is 0. The molecule has 2 fully saturated rings. The van der Waals surface area contributed by atoms with Crippen LogP contribution >= 0.6 is 0 Å². The van der Waals surface area contributed by atoms with E-state index in [9.17, 15) is 4.79 Å². The van der Waals surface area contributed by atoms with Crippen molar-refractivity contribution in [3.05, 3.63) is 29.8 Å². The van der Waals surface area contributed by atoms with Gasteiger partial charge in [0.15, 0.2) is 0 Å². The van der Waals surface area contributed by atoms with E-state index in [1.807, 2.05) is 24.3 Å². The minimum Gasteiger partial charge on any atom is -0.370 e. The summed E-state index contributed by atoms with van der Waals surface area (Å²) in [6, 6.07) is 9.77. The van der Waals surface area contributed by atoms with Gasteiger partial charge in [-0.3, -0.25) is 4.79 Å². The van der Waals surface area contributed by atoms with Crippen LogP contribution in [-0.4, -0.2) is 51.0 Å². The maximum absolute atomic E-state index is 11.3. The van der Waals surface area contributed by atoms with E-state index in [0.717, 1.165) is 31.6 Å². The molecule has 2 atom stereocenters. The van der Waals surface area contributed by atoms with Crippen LogP contribution in [0, 0.1) is 11.3 Å². The minimum absolute atomic E-state index is 0.0202. The van der Waals surface area contributed by atoms with Crippen LogP contribution in [0.4, 0.5) is 5.69 Å². The largest absolute Gasteiger partial charge is 0.370 e. The number of carbonyl (C=O) groups excluding carboxylic acids is 1. The number of nitrogens with one attached hydrogen (secondary N) is 1. The molecule has 122 valence electrons. The van der Waals surface area contributed by atoms with Gasteiger partial charge in [0.05, 0.1) is 29.9 Å². The van der Waals surface area contributed by atoms with Crippen molar-refractivity contribution in [2.45, 2.75) is 24.5 Å². The molecule has 6 nitrogen and oxygen atoms in total. The summed E-state index contributed by atoms with van der Waals surface area (Å²) < 4.78 is 11.6.